The van der Waals surface area contributed by atoms with Gasteiger partial charge in [-0.2, -0.15) is 0 Å². The molecule has 0 saturated carbocycles. The first-order valence-corrected chi connectivity index (χ1v) is 16.7. The molecule has 0 amide bonds. The van der Waals surface area contributed by atoms with Crippen LogP contribution in [0.4, 0.5) is 17.1 Å². The standard InChI is InChI=1S/C44H27NOS/c1-2-11-30-25-34(22-19-28(30)9-1)45(39-16-8-17-40-43(39)38-24-20-29-10-3-4-14-35(29)44(38)46-40)33-13-7-12-31(26-33)32-21-23-37-36-15-5-6-18-41(36)47-42(37)27-32/h1-27H. The number of thiophene rings is 1. The fourth-order valence-corrected chi connectivity index (χ4v) is 8.34. The number of nitrogens with zero attached hydrogens (tertiary/aromatic N) is 1. The minimum atomic E-state index is 0.881. The van der Waals surface area contributed by atoms with E-state index >= 15 is 0 Å². The molecule has 47 heavy (non-hydrogen) atoms. The van der Waals surface area contributed by atoms with Gasteiger partial charge < -0.3 is 9.32 Å². The minimum Gasteiger partial charge on any atom is -0.455 e. The van der Waals surface area contributed by atoms with Crippen LogP contribution in [0.25, 0.3) is 74.8 Å². The average Bonchev–Trinajstić information content (AvgIpc) is 3.71. The molecule has 0 fully saturated rings. The molecule has 2 heterocycles. The van der Waals surface area contributed by atoms with E-state index in [1.54, 1.807) is 0 Å². The Kier molecular flexibility index (Phi) is 5.78. The van der Waals surface area contributed by atoms with E-state index in [4.69, 9.17) is 4.42 Å². The van der Waals surface area contributed by atoms with Gasteiger partial charge in [-0.3, -0.25) is 0 Å². The van der Waals surface area contributed by atoms with Crippen LogP contribution in [0, 0.1) is 0 Å². The van der Waals surface area contributed by atoms with Crippen LogP contribution in [0.5, 0.6) is 0 Å². The molecule has 0 spiro atoms. The molecule has 0 bridgehead atoms. The highest BCUT2D eigenvalue weighted by atomic mass is 32.1. The molecular formula is C44H27NOS. The second-order valence-electron chi connectivity index (χ2n) is 12.1. The summed E-state index contributed by atoms with van der Waals surface area (Å²) in [5, 5.41) is 9.60. The van der Waals surface area contributed by atoms with Crippen LogP contribution in [0.3, 0.4) is 0 Å². The van der Waals surface area contributed by atoms with Crippen molar-refractivity contribution in [1.82, 2.24) is 0 Å². The molecule has 0 aliphatic carbocycles. The molecule has 0 aliphatic rings. The molecule has 0 aliphatic heterocycles. The summed E-state index contributed by atoms with van der Waals surface area (Å²) in [7, 11) is 0. The first-order valence-electron chi connectivity index (χ1n) is 15.9. The Labute approximate surface area is 275 Å². The predicted octanol–water partition coefficient (Wildman–Crippen LogP) is 13.4. The van der Waals surface area contributed by atoms with Gasteiger partial charge in [0.2, 0.25) is 0 Å². The van der Waals surface area contributed by atoms with Crippen LogP contribution < -0.4 is 4.90 Å². The van der Waals surface area contributed by atoms with E-state index < -0.39 is 0 Å². The number of rotatable bonds is 4. The lowest BCUT2D eigenvalue weighted by Crippen LogP contribution is -2.10. The first-order chi connectivity index (χ1) is 23.3. The van der Waals surface area contributed by atoms with Crippen molar-refractivity contribution in [2.24, 2.45) is 0 Å². The molecule has 0 N–H and O–H groups in total. The van der Waals surface area contributed by atoms with Crippen molar-refractivity contribution >= 4 is 92.1 Å². The molecule has 2 aromatic heterocycles. The summed E-state index contributed by atoms with van der Waals surface area (Å²) >= 11 is 1.86. The smallest absolute Gasteiger partial charge is 0.143 e. The summed E-state index contributed by atoms with van der Waals surface area (Å²) in [5.41, 5.74) is 7.48. The van der Waals surface area contributed by atoms with E-state index in [0.717, 1.165) is 44.4 Å². The van der Waals surface area contributed by atoms with Gasteiger partial charge in [0.1, 0.15) is 11.2 Å². The Balaban J connectivity index is 1.21. The lowest BCUT2D eigenvalue weighted by molar-refractivity contribution is 0.672. The number of fused-ring (bicyclic) bond motifs is 9. The number of anilines is 3. The highest BCUT2D eigenvalue weighted by Gasteiger charge is 2.21. The van der Waals surface area contributed by atoms with Gasteiger partial charge in [0, 0.05) is 42.3 Å². The lowest BCUT2D eigenvalue weighted by atomic mass is 10.0. The summed E-state index contributed by atoms with van der Waals surface area (Å²) in [6.45, 7) is 0. The summed E-state index contributed by atoms with van der Waals surface area (Å²) in [6.07, 6.45) is 0. The van der Waals surface area contributed by atoms with Crippen molar-refractivity contribution in [3.05, 3.63) is 164 Å². The molecule has 2 nitrogen and oxygen atoms in total. The zero-order valence-corrected chi connectivity index (χ0v) is 26.2. The quantitative estimate of drug-likeness (QED) is 0.195. The Morgan fingerprint density at radius 1 is 0.426 bits per heavy atom. The maximum absolute atomic E-state index is 6.63. The Morgan fingerprint density at radius 2 is 1.13 bits per heavy atom. The molecular weight excluding hydrogens is 591 g/mol. The number of hydrogen-bond acceptors (Lipinski definition) is 3. The Bertz CT molecular complexity index is 2820. The van der Waals surface area contributed by atoms with E-state index in [1.165, 1.54) is 47.5 Å². The third-order valence-corrected chi connectivity index (χ3v) is 10.5. The largest absolute Gasteiger partial charge is 0.455 e. The second kappa shape index (κ2) is 10.3. The van der Waals surface area contributed by atoms with Gasteiger partial charge in [0.05, 0.1) is 11.1 Å². The van der Waals surface area contributed by atoms with Crippen molar-refractivity contribution in [3.8, 4) is 11.1 Å². The van der Waals surface area contributed by atoms with Gasteiger partial charge in [-0.15, -0.1) is 11.3 Å². The molecule has 0 unspecified atom stereocenters. The second-order valence-corrected chi connectivity index (χ2v) is 13.2. The number of furan rings is 1. The highest BCUT2D eigenvalue weighted by Crippen LogP contribution is 2.45. The van der Waals surface area contributed by atoms with E-state index in [9.17, 15) is 0 Å². The van der Waals surface area contributed by atoms with Crippen molar-refractivity contribution in [2.45, 2.75) is 0 Å². The first kappa shape index (κ1) is 26.3. The number of benzene rings is 8. The van der Waals surface area contributed by atoms with Crippen molar-refractivity contribution in [2.75, 3.05) is 4.90 Å². The molecule has 3 heteroatoms. The normalized spacial score (nSPS) is 11.8. The van der Waals surface area contributed by atoms with E-state index in [2.05, 4.69) is 169 Å². The van der Waals surface area contributed by atoms with Crippen LogP contribution in [0.15, 0.2) is 168 Å². The van der Waals surface area contributed by atoms with E-state index in [1.807, 2.05) is 11.3 Å². The summed E-state index contributed by atoms with van der Waals surface area (Å²) in [5.74, 6) is 0. The van der Waals surface area contributed by atoms with Crippen molar-refractivity contribution in [1.29, 1.82) is 0 Å². The summed E-state index contributed by atoms with van der Waals surface area (Å²) in [6, 6.07) is 59.1. The van der Waals surface area contributed by atoms with Gasteiger partial charge in [0.25, 0.3) is 0 Å². The molecule has 0 atom stereocenters. The molecule has 220 valence electrons. The van der Waals surface area contributed by atoms with Gasteiger partial charge in [-0.05, 0) is 81.9 Å². The molecule has 10 rings (SSSR count). The van der Waals surface area contributed by atoms with Gasteiger partial charge in [0.15, 0.2) is 0 Å². The van der Waals surface area contributed by atoms with Crippen LogP contribution in [0.2, 0.25) is 0 Å². The minimum absolute atomic E-state index is 0.881. The Morgan fingerprint density at radius 3 is 2.06 bits per heavy atom. The Hall–Kier alpha value is -5.90. The van der Waals surface area contributed by atoms with Crippen LogP contribution in [0.1, 0.15) is 0 Å². The summed E-state index contributed by atoms with van der Waals surface area (Å²) < 4.78 is 9.26. The molecule has 0 saturated heterocycles. The maximum Gasteiger partial charge on any atom is 0.143 e. The highest BCUT2D eigenvalue weighted by molar-refractivity contribution is 7.25. The van der Waals surface area contributed by atoms with Crippen LogP contribution >= 0.6 is 11.3 Å². The zero-order chi connectivity index (χ0) is 30.9. The fourth-order valence-electron chi connectivity index (χ4n) is 7.19. The van der Waals surface area contributed by atoms with Gasteiger partial charge in [-0.1, -0.05) is 109 Å². The SMILES string of the molecule is c1cc(-c2ccc3c(c2)sc2ccccc23)cc(N(c2ccc3ccccc3c2)c2cccc3oc4c5ccccc5ccc4c23)c1. The maximum atomic E-state index is 6.63. The monoisotopic (exact) mass is 617 g/mol. The van der Waals surface area contributed by atoms with Crippen molar-refractivity contribution in [3.63, 3.8) is 0 Å². The molecule has 8 aromatic carbocycles. The van der Waals surface area contributed by atoms with Crippen molar-refractivity contribution < 1.29 is 4.42 Å². The number of hydrogen-bond donors (Lipinski definition) is 0. The van der Waals surface area contributed by atoms with Crippen LogP contribution in [-0.4, -0.2) is 0 Å². The van der Waals surface area contributed by atoms with E-state index in [-0.39, 0.29) is 0 Å². The van der Waals surface area contributed by atoms with Gasteiger partial charge in [-0.25, -0.2) is 0 Å². The summed E-state index contributed by atoms with van der Waals surface area (Å²) in [4.78, 5) is 2.39. The topological polar surface area (TPSA) is 16.4 Å². The molecule has 0 radical (unpaired) electrons. The zero-order valence-electron chi connectivity index (χ0n) is 25.4. The van der Waals surface area contributed by atoms with E-state index in [0.29, 0.717) is 0 Å². The third-order valence-electron chi connectivity index (χ3n) is 9.41. The fraction of sp³-hybridized carbons (Fsp3) is 0. The van der Waals surface area contributed by atoms with Crippen LogP contribution in [-0.2, 0) is 0 Å². The van der Waals surface area contributed by atoms with Gasteiger partial charge >= 0.3 is 0 Å². The molecule has 10 aromatic rings. The lowest BCUT2D eigenvalue weighted by Gasteiger charge is -2.27. The average molecular weight is 618 g/mol. The third kappa shape index (κ3) is 4.17. The predicted molar refractivity (Wildman–Crippen MR) is 202 cm³/mol.